The van der Waals surface area contributed by atoms with Gasteiger partial charge in [-0.1, -0.05) is 0 Å². The van der Waals surface area contributed by atoms with Gasteiger partial charge < -0.3 is 4.90 Å². The van der Waals surface area contributed by atoms with Crippen LogP contribution in [0.25, 0.3) is 0 Å². The first-order valence-corrected chi connectivity index (χ1v) is 10.8. The molecule has 1 aliphatic heterocycles. The number of nitrogens with zero attached hydrogens (tertiary/aromatic N) is 6. The first kappa shape index (κ1) is 21.4. The van der Waals surface area contributed by atoms with Crippen LogP contribution in [0.1, 0.15) is 48.7 Å². The predicted octanol–water partition coefficient (Wildman–Crippen LogP) is 3.18. The van der Waals surface area contributed by atoms with Gasteiger partial charge in [0.15, 0.2) is 5.69 Å². The van der Waals surface area contributed by atoms with Gasteiger partial charge in [-0.15, -0.1) is 0 Å². The van der Waals surface area contributed by atoms with Crippen molar-refractivity contribution < 1.29 is 18.0 Å². The number of rotatable bonds is 5. The smallest absolute Gasteiger partial charge is 0.338 e. The Bertz CT molecular complexity index is 927. The van der Waals surface area contributed by atoms with E-state index in [1.807, 2.05) is 19.4 Å². The second-order valence-corrected chi connectivity index (χ2v) is 8.86. The third-order valence-corrected chi connectivity index (χ3v) is 6.47. The van der Waals surface area contributed by atoms with E-state index in [2.05, 4.69) is 31.0 Å². The Morgan fingerprint density at radius 1 is 1.27 bits per heavy atom. The second-order valence-electron chi connectivity index (χ2n) is 8.06. The number of alkyl halides is 3. The van der Waals surface area contributed by atoms with E-state index in [-0.39, 0.29) is 16.3 Å². The Hall–Kier alpha value is -1.88. The van der Waals surface area contributed by atoms with Crippen molar-refractivity contribution in [3.8, 4) is 0 Å². The molecule has 1 amide bonds. The van der Waals surface area contributed by atoms with Crippen LogP contribution in [0.2, 0.25) is 0 Å². The predicted molar refractivity (Wildman–Crippen MR) is 107 cm³/mol. The standard InChI is InChI=1S/C19H24BrF3N6O/c1-12(29-16(14-3-4-14)15(20)17(25-29)19(21,22)23)18(30)28-7-5-27(6-8-28)11-13-9-24-26(2)10-13/h9-10,12,14H,3-8,11H2,1-2H3. The summed E-state index contributed by atoms with van der Waals surface area (Å²) >= 11 is 3.09. The van der Waals surface area contributed by atoms with E-state index in [4.69, 9.17) is 0 Å². The number of aromatic nitrogens is 4. The molecule has 3 heterocycles. The first-order chi connectivity index (χ1) is 14.1. The molecule has 0 spiro atoms. The fraction of sp³-hybridized carbons (Fsp3) is 0.632. The molecule has 2 fully saturated rings. The van der Waals surface area contributed by atoms with E-state index in [9.17, 15) is 18.0 Å². The van der Waals surface area contributed by atoms with Crippen LogP contribution in [-0.2, 0) is 24.6 Å². The third kappa shape index (κ3) is 4.27. The van der Waals surface area contributed by atoms with Crippen molar-refractivity contribution in [2.45, 2.75) is 44.4 Å². The minimum absolute atomic E-state index is 0.0227. The zero-order valence-electron chi connectivity index (χ0n) is 16.9. The molecule has 2 aromatic rings. The molecule has 1 saturated heterocycles. The van der Waals surface area contributed by atoms with Crippen molar-refractivity contribution in [1.82, 2.24) is 29.4 Å². The Kier molecular flexibility index (Phi) is 5.69. The van der Waals surface area contributed by atoms with Gasteiger partial charge in [-0.25, -0.2) is 0 Å². The second kappa shape index (κ2) is 7.99. The number of carbonyl (C=O) groups is 1. The summed E-state index contributed by atoms with van der Waals surface area (Å²) in [5.41, 5.74) is 0.643. The lowest BCUT2D eigenvalue weighted by Gasteiger charge is -2.36. The minimum atomic E-state index is -4.56. The summed E-state index contributed by atoms with van der Waals surface area (Å²) < 4.78 is 43.1. The Morgan fingerprint density at radius 3 is 2.47 bits per heavy atom. The molecule has 2 aliphatic rings. The molecule has 1 atom stereocenters. The highest BCUT2D eigenvalue weighted by Crippen LogP contribution is 2.47. The largest absolute Gasteiger partial charge is 0.436 e. The Balaban J connectivity index is 1.44. The van der Waals surface area contributed by atoms with Crippen molar-refractivity contribution in [2.24, 2.45) is 7.05 Å². The number of aryl methyl sites for hydroxylation is 1. The fourth-order valence-corrected chi connectivity index (χ4v) is 4.74. The lowest BCUT2D eigenvalue weighted by Crippen LogP contribution is -2.50. The molecule has 7 nitrogen and oxygen atoms in total. The molecule has 2 aromatic heterocycles. The van der Waals surface area contributed by atoms with Crippen LogP contribution in [0, 0.1) is 0 Å². The lowest BCUT2D eigenvalue weighted by atomic mass is 10.2. The molecule has 30 heavy (non-hydrogen) atoms. The van der Waals surface area contributed by atoms with Crippen LogP contribution in [0.5, 0.6) is 0 Å². The summed E-state index contributed by atoms with van der Waals surface area (Å²) in [6.45, 7) is 4.89. The highest BCUT2D eigenvalue weighted by molar-refractivity contribution is 9.10. The molecular weight excluding hydrogens is 465 g/mol. The third-order valence-electron chi connectivity index (χ3n) is 5.69. The molecule has 0 radical (unpaired) electrons. The number of amides is 1. The van der Waals surface area contributed by atoms with Gasteiger partial charge in [0.2, 0.25) is 5.91 Å². The summed E-state index contributed by atoms with van der Waals surface area (Å²) in [5.74, 6) is -0.170. The van der Waals surface area contributed by atoms with Gasteiger partial charge >= 0.3 is 6.18 Å². The topological polar surface area (TPSA) is 59.2 Å². The maximum absolute atomic E-state index is 13.4. The van der Waals surface area contributed by atoms with Gasteiger partial charge in [0.25, 0.3) is 0 Å². The van der Waals surface area contributed by atoms with Gasteiger partial charge in [0.05, 0.1) is 16.4 Å². The summed E-state index contributed by atoms with van der Waals surface area (Å²) in [6.07, 6.45) is 0.860. The summed E-state index contributed by atoms with van der Waals surface area (Å²) in [6, 6.07) is -0.780. The average molecular weight is 489 g/mol. The number of carbonyl (C=O) groups excluding carboxylic acids is 1. The van der Waals surface area contributed by atoms with Crippen LogP contribution in [0.3, 0.4) is 0 Å². The maximum Gasteiger partial charge on any atom is 0.436 e. The Morgan fingerprint density at radius 2 is 1.93 bits per heavy atom. The molecule has 1 unspecified atom stereocenters. The number of halogens is 4. The zero-order valence-corrected chi connectivity index (χ0v) is 18.4. The van der Waals surface area contributed by atoms with E-state index in [0.717, 1.165) is 24.9 Å². The molecule has 1 saturated carbocycles. The SMILES string of the molecule is CC(C(=O)N1CCN(Cc2cnn(C)c2)CC1)n1nc(C(F)(F)F)c(Br)c1C1CC1. The van der Waals surface area contributed by atoms with Gasteiger partial charge in [0, 0.05) is 57.4 Å². The van der Waals surface area contributed by atoms with Crippen LogP contribution in [0.15, 0.2) is 16.9 Å². The highest BCUT2D eigenvalue weighted by Gasteiger charge is 2.43. The molecule has 11 heteroatoms. The zero-order chi connectivity index (χ0) is 21.6. The van der Waals surface area contributed by atoms with Crippen LogP contribution in [-0.4, -0.2) is 61.4 Å². The highest BCUT2D eigenvalue weighted by atomic mass is 79.9. The molecule has 0 N–H and O–H groups in total. The fourth-order valence-electron chi connectivity index (χ4n) is 3.93. The van der Waals surface area contributed by atoms with Crippen molar-refractivity contribution in [1.29, 1.82) is 0 Å². The summed E-state index contributed by atoms with van der Waals surface area (Å²) in [5, 5.41) is 7.98. The van der Waals surface area contributed by atoms with Crippen LogP contribution in [0.4, 0.5) is 13.2 Å². The summed E-state index contributed by atoms with van der Waals surface area (Å²) in [4.78, 5) is 17.0. The van der Waals surface area contributed by atoms with Gasteiger partial charge in [0.1, 0.15) is 6.04 Å². The van der Waals surface area contributed by atoms with E-state index < -0.39 is 17.9 Å². The van der Waals surface area contributed by atoms with Gasteiger partial charge in [-0.2, -0.15) is 23.4 Å². The quantitative estimate of drug-likeness (QED) is 0.648. The van der Waals surface area contributed by atoms with Gasteiger partial charge in [-0.3, -0.25) is 19.1 Å². The maximum atomic E-state index is 13.4. The van der Waals surface area contributed by atoms with E-state index >= 15 is 0 Å². The van der Waals surface area contributed by atoms with Gasteiger partial charge in [-0.05, 0) is 35.7 Å². The monoisotopic (exact) mass is 488 g/mol. The summed E-state index contributed by atoms with van der Waals surface area (Å²) in [7, 11) is 1.87. The molecule has 1 aliphatic carbocycles. The number of hydrogen-bond acceptors (Lipinski definition) is 4. The lowest BCUT2D eigenvalue weighted by molar-refractivity contribution is -0.143. The van der Waals surface area contributed by atoms with Crippen molar-refractivity contribution >= 4 is 21.8 Å². The molecule has 4 rings (SSSR count). The van der Waals surface area contributed by atoms with E-state index in [1.54, 1.807) is 16.5 Å². The first-order valence-electron chi connectivity index (χ1n) is 9.99. The van der Waals surface area contributed by atoms with Crippen molar-refractivity contribution in [3.63, 3.8) is 0 Å². The number of piperazine rings is 1. The normalized spacial score (nSPS) is 19.3. The van der Waals surface area contributed by atoms with E-state index in [0.29, 0.717) is 31.9 Å². The molecule has 164 valence electrons. The average Bonchev–Trinajstić information content (AvgIpc) is 3.35. The molecular formula is C19H24BrF3N6O. The molecule has 0 aromatic carbocycles. The number of hydrogen-bond donors (Lipinski definition) is 0. The van der Waals surface area contributed by atoms with Crippen LogP contribution < -0.4 is 0 Å². The van der Waals surface area contributed by atoms with Crippen molar-refractivity contribution in [3.05, 3.63) is 33.8 Å². The Labute approximate surface area is 180 Å². The van der Waals surface area contributed by atoms with Crippen LogP contribution >= 0.6 is 15.9 Å². The van der Waals surface area contributed by atoms with Crippen molar-refractivity contribution in [2.75, 3.05) is 26.2 Å². The minimum Gasteiger partial charge on any atom is -0.338 e. The van der Waals surface area contributed by atoms with E-state index in [1.165, 1.54) is 4.68 Å². The molecule has 0 bridgehead atoms.